The summed E-state index contributed by atoms with van der Waals surface area (Å²) in [6.07, 6.45) is 0. The molecule has 0 atom stereocenters. The van der Waals surface area contributed by atoms with Crippen molar-refractivity contribution < 1.29 is 9.47 Å². The topological polar surface area (TPSA) is 44.5 Å². The number of nitrogens with two attached hydrogens (primary N) is 1. The molecule has 0 rings (SSSR count). The highest BCUT2D eigenvalue weighted by atomic mass is 32.2. The zero-order valence-electron chi connectivity index (χ0n) is 8.84. The summed E-state index contributed by atoms with van der Waals surface area (Å²) >= 11 is 1.83. The van der Waals surface area contributed by atoms with Gasteiger partial charge in [0.25, 0.3) is 0 Å². The molecule has 0 unspecified atom stereocenters. The van der Waals surface area contributed by atoms with Crippen molar-refractivity contribution in [1.29, 1.82) is 0 Å². The number of thioether (sulfide) groups is 1. The molecular formula is C9H21NO2S. The quantitative estimate of drug-likeness (QED) is 0.606. The second-order valence-electron chi connectivity index (χ2n) is 3.65. The molecule has 80 valence electrons. The largest absolute Gasteiger partial charge is 0.382 e. The van der Waals surface area contributed by atoms with Gasteiger partial charge in [-0.05, 0) is 13.8 Å². The maximum absolute atomic E-state index is 5.82. The second-order valence-corrected chi connectivity index (χ2v) is 4.75. The van der Waals surface area contributed by atoms with Crippen LogP contribution in [0.3, 0.4) is 0 Å². The van der Waals surface area contributed by atoms with Crippen molar-refractivity contribution in [3.05, 3.63) is 0 Å². The SMILES string of the molecule is COCCOCCSCC(C)(C)N. The van der Waals surface area contributed by atoms with Crippen LogP contribution in [0.4, 0.5) is 0 Å². The molecule has 0 saturated carbocycles. The van der Waals surface area contributed by atoms with Crippen molar-refractivity contribution in [3.63, 3.8) is 0 Å². The molecule has 0 saturated heterocycles. The lowest BCUT2D eigenvalue weighted by atomic mass is 10.1. The van der Waals surface area contributed by atoms with Crippen LogP contribution < -0.4 is 5.73 Å². The van der Waals surface area contributed by atoms with Crippen molar-refractivity contribution in [2.45, 2.75) is 19.4 Å². The molecule has 0 fully saturated rings. The van der Waals surface area contributed by atoms with Crippen LogP contribution in [0.25, 0.3) is 0 Å². The number of hydrogen-bond acceptors (Lipinski definition) is 4. The van der Waals surface area contributed by atoms with Gasteiger partial charge in [0.05, 0.1) is 19.8 Å². The Hall–Kier alpha value is 0.230. The van der Waals surface area contributed by atoms with Gasteiger partial charge in [0, 0.05) is 24.2 Å². The smallest absolute Gasteiger partial charge is 0.0700 e. The fourth-order valence-corrected chi connectivity index (χ4v) is 1.60. The van der Waals surface area contributed by atoms with Gasteiger partial charge in [-0.3, -0.25) is 0 Å². The Morgan fingerprint density at radius 2 is 1.92 bits per heavy atom. The second kappa shape index (κ2) is 7.62. The molecule has 4 heteroatoms. The van der Waals surface area contributed by atoms with Crippen molar-refractivity contribution in [3.8, 4) is 0 Å². The van der Waals surface area contributed by atoms with Gasteiger partial charge in [0.2, 0.25) is 0 Å². The molecule has 0 amide bonds. The van der Waals surface area contributed by atoms with Gasteiger partial charge in [0.15, 0.2) is 0 Å². The summed E-state index contributed by atoms with van der Waals surface area (Å²) < 4.78 is 10.2. The minimum Gasteiger partial charge on any atom is -0.382 e. The predicted molar refractivity (Wildman–Crippen MR) is 58.3 cm³/mol. The maximum Gasteiger partial charge on any atom is 0.0700 e. The van der Waals surface area contributed by atoms with E-state index in [9.17, 15) is 0 Å². The minimum absolute atomic E-state index is 0.0722. The monoisotopic (exact) mass is 207 g/mol. The van der Waals surface area contributed by atoms with Crippen molar-refractivity contribution in [2.24, 2.45) is 5.73 Å². The third-order valence-corrected chi connectivity index (χ3v) is 2.68. The standard InChI is InChI=1S/C9H21NO2S/c1-9(2,10)8-13-7-6-12-5-4-11-3/h4-8,10H2,1-3H3. The predicted octanol–water partition coefficient (Wildman–Crippen LogP) is 1.12. The summed E-state index contributed by atoms with van der Waals surface area (Å²) in [4.78, 5) is 0. The average molecular weight is 207 g/mol. The third-order valence-electron chi connectivity index (χ3n) is 1.28. The Morgan fingerprint density at radius 3 is 2.46 bits per heavy atom. The van der Waals surface area contributed by atoms with Crippen LogP contribution in [-0.2, 0) is 9.47 Å². The van der Waals surface area contributed by atoms with Crippen molar-refractivity contribution in [2.75, 3.05) is 38.4 Å². The fraction of sp³-hybridized carbons (Fsp3) is 1.00. The molecule has 0 aliphatic rings. The third kappa shape index (κ3) is 12.2. The Balaban J connectivity index is 3.00. The van der Waals surface area contributed by atoms with Crippen LogP contribution in [0.2, 0.25) is 0 Å². The molecule has 0 bridgehead atoms. The summed E-state index contributed by atoms with van der Waals surface area (Å²) in [5.41, 5.74) is 5.74. The molecule has 2 N–H and O–H groups in total. The normalized spacial score (nSPS) is 12.0. The van der Waals surface area contributed by atoms with Gasteiger partial charge < -0.3 is 15.2 Å². The molecule has 0 aliphatic carbocycles. The van der Waals surface area contributed by atoms with Gasteiger partial charge in [0.1, 0.15) is 0 Å². The highest BCUT2D eigenvalue weighted by Crippen LogP contribution is 2.08. The molecule has 0 aromatic heterocycles. The molecule has 13 heavy (non-hydrogen) atoms. The lowest BCUT2D eigenvalue weighted by molar-refractivity contribution is 0.0790. The number of rotatable bonds is 8. The summed E-state index contributed by atoms with van der Waals surface area (Å²) in [6.45, 7) is 6.21. The number of ether oxygens (including phenoxy) is 2. The lowest BCUT2D eigenvalue weighted by Crippen LogP contribution is -2.34. The first-order valence-electron chi connectivity index (χ1n) is 4.49. The van der Waals surface area contributed by atoms with E-state index in [0.29, 0.717) is 13.2 Å². The van der Waals surface area contributed by atoms with E-state index in [1.54, 1.807) is 7.11 Å². The van der Waals surface area contributed by atoms with Gasteiger partial charge >= 0.3 is 0 Å². The van der Waals surface area contributed by atoms with Gasteiger partial charge in [-0.1, -0.05) is 0 Å². The molecule has 0 spiro atoms. The van der Waals surface area contributed by atoms with E-state index in [-0.39, 0.29) is 5.54 Å². The van der Waals surface area contributed by atoms with E-state index in [2.05, 4.69) is 0 Å². The first-order chi connectivity index (χ1) is 6.06. The van der Waals surface area contributed by atoms with Crippen LogP contribution >= 0.6 is 11.8 Å². The maximum atomic E-state index is 5.82. The fourth-order valence-electron chi connectivity index (χ4n) is 0.697. The first kappa shape index (κ1) is 13.2. The zero-order valence-corrected chi connectivity index (χ0v) is 9.65. The Labute approximate surface area is 85.3 Å². The van der Waals surface area contributed by atoms with E-state index in [0.717, 1.165) is 18.1 Å². The van der Waals surface area contributed by atoms with Gasteiger partial charge in [-0.25, -0.2) is 0 Å². The van der Waals surface area contributed by atoms with E-state index in [4.69, 9.17) is 15.2 Å². The summed E-state index contributed by atoms with van der Waals surface area (Å²) in [5, 5.41) is 0. The van der Waals surface area contributed by atoms with E-state index >= 15 is 0 Å². The Bertz CT molecular complexity index is 115. The van der Waals surface area contributed by atoms with Crippen LogP contribution in [0.15, 0.2) is 0 Å². The van der Waals surface area contributed by atoms with Gasteiger partial charge in [-0.2, -0.15) is 11.8 Å². The summed E-state index contributed by atoms with van der Waals surface area (Å²) in [7, 11) is 1.68. The molecule has 0 radical (unpaired) electrons. The highest BCUT2D eigenvalue weighted by Gasteiger charge is 2.09. The zero-order chi connectivity index (χ0) is 10.2. The lowest BCUT2D eigenvalue weighted by Gasteiger charge is -2.17. The van der Waals surface area contributed by atoms with E-state index < -0.39 is 0 Å². The molecule has 0 aromatic rings. The Kier molecular flexibility index (Phi) is 7.75. The van der Waals surface area contributed by atoms with Gasteiger partial charge in [-0.15, -0.1) is 0 Å². The molecular weight excluding hydrogens is 186 g/mol. The molecule has 0 heterocycles. The average Bonchev–Trinajstić information content (AvgIpc) is 2.01. The van der Waals surface area contributed by atoms with Crippen LogP contribution in [-0.4, -0.2) is 44.0 Å². The van der Waals surface area contributed by atoms with Crippen LogP contribution in [0.1, 0.15) is 13.8 Å². The molecule has 0 aliphatic heterocycles. The first-order valence-corrected chi connectivity index (χ1v) is 5.65. The van der Waals surface area contributed by atoms with Crippen molar-refractivity contribution in [1.82, 2.24) is 0 Å². The van der Waals surface area contributed by atoms with E-state index in [1.165, 1.54) is 0 Å². The molecule has 3 nitrogen and oxygen atoms in total. The van der Waals surface area contributed by atoms with Crippen LogP contribution in [0.5, 0.6) is 0 Å². The van der Waals surface area contributed by atoms with E-state index in [1.807, 2.05) is 25.6 Å². The minimum atomic E-state index is -0.0722. The number of methoxy groups -OCH3 is 1. The Morgan fingerprint density at radius 1 is 1.23 bits per heavy atom. The number of hydrogen-bond donors (Lipinski definition) is 1. The van der Waals surface area contributed by atoms with Crippen molar-refractivity contribution >= 4 is 11.8 Å². The summed E-state index contributed by atoms with van der Waals surface area (Å²) in [6, 6.07) is 0. The van der Waals surface area contributed by atoms with Crippen LogP contribution in [0, 0.1) is 0 Å². The summed E-state index contributed by atoms with van der Waals surface area (Å²) in [5.74, 6) is 1.98. The molecule has 0 aromatic carbocycles. The highest BCUT2D eigenvalue weighted by molar-refractivity contribution is 7.99.